The minimum Gasteiger partial charge on any atom is -0.378 e. The van der Waals surface area contributed by atoms with Crippen molar-refractivity contribution in [2.45, 2.75) is 31.2 Å². The number of hydrogen-bond acceptors (Lipinski definition) is 7. The first-order valence-corrected chi connectivity index (χ1v) is 12.5. The number of piperazine rings is 1. The van der Waals surface area contributed by atoms with E-state index in [1.165, 1.54) is 0 Å². The first kappa shape index (κ1) is 23.5. The van der Waals surface area contributed by atoms with Gasteiger partial charge in [0.05, 0.1) is 13.2 Å². The summed E-state index contributed by atoms with van der Waals surface area (Å²) in [7, 11) is 0. The second-order valence-electron chi connectivity index (χ2n) is 8.24. The number of amides is 2. The Morgan fingerprint density at radius 2 is 1.76 bits per heavy atom. The van der Waals surface area contributed by atoms with E-state index in [9.17, 15) is 9.59 Å². The van der Waals surface area contributed by atoms with Crippen LogP contribution < -0.4 is 4.90 Å². The standard InChI is InChI=1S/C24H31N5O3S/c1-3-21-16-22(28-9-7-27(8-10-28)18(2)30)26-24(25-21)33-17-19-5-4-6-20(15-19)23(31)29-11-13-32-14-12-29/h4-6,15-16H,3,7-14,17H2,1-2H3. The Hall–Kier alpha value is -2.65. The summed E-state index contributed by atoms with van der Waals surface area (Å²) in [6.45, 7) is 9.16. The Morgan fingerprint density at radius 1 is 1.00 bits per heavy atom. The van der Waals surface area contributed by atoms with Gasteiger partial charge < -0.3 is 19.4 Å². The molecule has 0 unspecified atom stereocenters. The van der Waals surface area contributed by atoms with Gasteiger partial charge in [-0.15, -0.1) is 0 Å². The van der Waals surface area contributed by atoms with E-state index in [-0.39, 0.29) is 11.8 Å². The number of rotatable bonds is 6. The molecule has 3 heterocycles. The minimum atomic E-state index is 0.0568. The summed E-state index contributed by atoms with van der Waals surface area (Å²) < 4.78 is 5.35. The van der Waals surface area contributed by atoms with Gasteiger partial charge in [0.15, 0.2) is 5.16 Å². The van der Waals surface area contributed by atoms with E-state index >= 15 is 0 Å². The van der Waals surface area contributed by atoms with Crippen molar-refractivity contribution in [2.75, 3.05) is 57.4 Å². The predicted octanol–water partition coefficient (Wildman–Crippen LogP) is 2.47. The van der Waals surface area contributed by atoms with Gasteiger partial charge in [0.1, 0.15) is 5.82 Å². The molecule has 0 spiro atoms. The lowest BCUT2D eigenvalue weighted by molar-refractivity contribution is -0.129. The van der Waals surface area contributed by atoms with Crippen LogP contribution in [-0.4, -0.2) is 84.1 Å². The van der Waals surface area contributed by atoms with Crippen LogP contribution in [-0.2, 0) is 21.7 Å². The van der Waals surface area contributed by atoms with Crippen LogP contribution in [0.4, 0.5) is 5.82 Å². The molecule has 1 aromatic carbocycles. The third kappa shape index (κ3) is 6.03. The summed E-state index contributed by atoms with van der Waals surface area (Å²) in [4.78, 5) is 39.9. The highest BCUT2D eigenvalue weighted by atomic mass is 32.2. The number of aryl methyl sites for hydroxylation is 1. The first-order chi connectivity index (χ1) is 16.0. The summed E-state index contributed by atoms with van der Waals surface area (Å²) in [5.41, 5.74) is 2.79. The number of carbonyl (C=O) groups excluding carboxylic acids is 2. The number of morpholine rings is 1. The maximum absolute atomic E-state index is 12.8. The normalized spacial score (nSPS) is 16.7. The highest BCUT2D eigenvalue weighted by Gasteiger charge is 2.21. The van der Waals surface area contributed by atoms with Crippen molar-refractivity contribution >= 4 is 29.4 Å². The second-order valence-corrected chi connectivity index (χ2v) is 9.18. The third-order valence-electron chi connectivity index (χ3n) is 6.00. The Labute approximate surface area is 199 Å². The van der Waals surface area contributed by atoms with Crippen molar-refractivity contribution in [1.82, 2.24) is 19.8 Å². The van der Waals surface area contributed by atoms with Gasteiger partial charge in [0, 0.05) is 69.3 Å². The number of anilines is 1. The average Bonchev–Trinajstić information content (AvgIpc) is 2.87. The van der Waals surface area contributed by atoms with Crippen molar-refractivity contribution in [3.05, 3.63) is 47.2 Å². The van der Waals surface area contributed by atoms with Gasteiger partial charge in [-0.2, -0.15) is 0 Å². The Balaban J connectivity index is 1.42. The molecule has 2 amide bonds. The van der Waals surface area contributed by atoms with Crippen molar-refractivity contribution in [2.24, 2.45) is 0 Å². The summed E-state index contributed by atoms with van der Waals surface area (Å²) in [6.07, 6.45) is 0.833. The fourth-order valence-corrected chi connectivity index (χ4v) is 4.82. The Bertz CT molecular complexity index is 988. The van der Waals surface area contributed by atoms with Crippen LogP contribution in [0.5, 0.6) is 0 Å². The molecule has 0 aliphatic carbocycles. The molecule has 2 aromatic rings. The van der Waals surface area contributed by atoms with E-state index < -0.39 is 0 Å². The molecule has 1 aromatic heterocycles. The van der Waals surface area contributed by atoms with Crippen LogP contribution >= 0.6 is 11.8 Å². The van der Waals surface area contributed by atoms with Gasteiger partial charge in [0.2, 0.25) is 5.91 Å². The Kier molecular flexibility index (Phi) is 7.82. The molecule has 0 radical (unpaired) electrons. The van der Waals surface area contributed by atoms with Gasteiger partial charge in [-0.05, 0) is 24.1 Å². The molecule has 33 heavy (non-hydrogen) atoms. The van der Waals surface area contributed by atoms with Gasteiger partial charge in [-0.25, -0.2) is 9.97 Å². The Morgan fingerprint density at radius 3 is 2.45 bits per heavy atom. The fourth-order valence-electron chi connectivity index (χ4n) is 4.01. The maximum atomic E-state index is 12.8. The van der Waals surface area contributed by atoms with Crippen molar-refractivity contribution in [3.63, 3.8) is 0 Å². The number of nitrogens with zero attached hydrogens (tertiary/aromatic N) is 5. The van der Waals surface area contributed by atoms with E-state index in [1.54, 1.807) is 18.7 Å². The molecular weight excluding hydrogens is 438 g/mol. The van der Waals surface area contributed by atoms with Crippen LogP contribution in [0.3, 0.4) is 0 Å². The molecule has 0 atom stereocenters. The molecule has 176 valence electrons. The zero-order chi connectivity index (χ0) is 23.2. The molecule has 9 heteroatoms. The largest absolute Gasteiger partial charge is 0.378 e. The van der Waals surface area contributed by atoms with Crippen LogP contribution in [0.15, 0.2) is 35.5 Å². The summed E-state index contributed by atoms with van der Waals surface area (Å²) >= 11 is 1.58. The van der Waals surface area contributed by atoms with E-state index in [0.717, 1.165) is 41.7 Å². The predicted molar refractivity (Wildman–Crippen MR) is 129 cm³/mol. The summed E-state index contributed by atoms with van der Waals surface area (Å²) in [5, 5.41) is 0.739. The third-order valence-corrected chi connectivity index (χ3v) is 6.91. The van der Waals surface area contributed by atoms with Crippen molar-refractivity contribution < 1.29 is 14.3 Å². The van der Waals surface area contributed by atoms with Crippen LogP contribution in [0.25, 0.3) is 0 Å². The fraction of sp³-hybridized carbons (Fsp3) is 0.500. The van der Waals surface area contributed by atoms with E-state index in [0.29, 0.717) is 50.7 Å². The maximum Gasteiger partial charge on any atom is 0.254 e. The number of benzene rings is 1. The molecule has 0 saturated carbocycles. The topological polar surface area (TPSA) is 78.9 Å². The van der Waals surface area contributed by atoms with Gasteiger partial charge >= 0.3 is 0 Å². The molecule has 2 fully saturated rings. The van der Waals surface area contributed by atoms with E-state index in [4.69, 9.17) is 14.7 Å². The molecule has 2 saturated heterocycles. The van der Waals surface area contributed by atoms with Gasteiger partial charge in [0.25, 0.3) is 5.91 Å². The lowest BCUT2D eigenvalue weighted by Crippen LogP contribution is -2.48. The molecule has 0 bridgehead atoms. The van der Waals surface area contributed by atoms with Crippen molar-refractivity contribution in [1.29, 1.82) is 0 Å². The van der Waals surface area contributed by atoms with Gasteiger partial charge in [-0.1, -0.05) is 30.8 Å². The summed E-state index contributed by atoms with van der Waals surface area (Å²) in [5.74, 6) is 1.79. The summed E-state index contributed by atoms with van der Waals surface area (Å²) in [6, 6.07) is 9.87. The molecule has 2 aliphatic rings. The first-order valence-electron chi connectivity index (χ1n) is 11.5. The molecule has 2 aliphatic heterocycles. The smallest absolute Gasteiger partial charge is 0.254 e. The van der Waals surface area contributed by atoms with Crippen LogP contribution in [0, 0.1) is 0 Å². The molecule has 8 nitrogen and oxygen atoms in total. The highest BCUT2D eigenvalue weighted by Crippen LogP contribution is 2.24. The van der Waals surface area contributed by atoms with Crippen molar-refractivity contribution in [3.8, 4) is 0 Å². The number of ether oxygens (including phenoxy) is 1. The average molecular weight is 470 g/mol. The number of aromatic nitrogens is 2. The SMILES string of the molecule is CCc1cc(N2CCN(C(C)=O)CC2)nc(SCc2cccc(C(=O)N3CCOCC3)c2)n1. The van der Waals surface area contributed by atoms with E-state index in [2.05, 4.69) is 17.9 Å². The second kappa shape index (κ2) is 11.0. The molecular formula is C24H31N5O3S. The van der Waals surface area contributed by atoms with Crippen LogP contribution in [0.1, 0.15) is 35.5 Å². The zero-order valence-corrected chi connectivity index (χ0v) is 20.1. The van der Waals surface area contributed by atoms with Crippen LogP contribution in [0.2, 0.25) is 0 Å². The number of hydrogen-bond donors (Lipinski definition) is 0. The monoisotopic (exact) mass is 469 g/mol. The lowest BCUT2D eigenvalue weighted by atomic mass is 10.1. The molecule has 4 rings (SSSR count). The molecule has 0 N–H and O–H groups in total. The van der Waals surface area contributed by atoms with E-state index in [1.807, 2.05) is 34.1 Å². The number of thioether (sulfide) groups is 1. The quantitative estimate of drug-likeness (QED) is 0.475. The highest BCUT2D eigenvalue weighted by molar-refractivity contribution is 7.98. The zero-order valence-electron chi connectivity index (χ0n) is 19.3. The lowest BCUT2D eigenvalue weighted by Gasteiger charge is -2.35. The van der Waals surface area contributed by atoms with Gasteiger partial charge in [-0.3, -0.25) is 9.59 Å². The number of carbonyl (C=O) groups is 2. The minimum absolute atomic E-state index is 0.0568.